The van der Waals surface area contributed by atoms with Gasteiger partial charge in [-0.05, 0) is 31.0 Å². The molecule has 1 N–H and O–H groups in total. The maximum absolute atomic E-state index is 10.9. The maximum Gasteiger partial charge on any atom is 0.337 e. The van der Waals surface area contributed by atoms with Crippen molar-refractivity contribution >= 4 is 5.97 Å². The van der Waals surface area contributed by atoms with Crippen LogP contribution >= 0.6 is 0 Å². The van der Waals surface area contributed by atoms with E-state index < -0.39 is 5.97 Å². The van der Waals surface area contributed by atoms with E-state index in [4.69, 9.17) is 5.11 Å². The molecule has 17 heavy (non-hydrogen) atoms. The SMILES string of the molecule is Cc1ccc(-c2cncc(C(=O)O)c2)c(C)c1. The second-order valence-corrected chi connectivity index (χ2v) is 4.09. The molecule has 0 aliphatic heterocycles. The van der Waals surface area contributed by atoms with Crippen LogP contribution in [-0.4, -0.2) is 16.1 Å². The molecule has 1 aromatic heterocycles. The zero-order valence-electron chi connectivity index (χ0n) is 9.77. The molecular weight excluding hydrogens is 214 g/mol. The van der Waals surface area contributed by atoms with Gasteiger partial charge in [-0.1, -0.05) is 23.8 Å². The molecule has 0 amide bonds. The zero-order valence-corrected chi connectivity index (χ0v) is 9.77. The molecule has 3 nitrogen and oxygen atoms in total. The maximum atomic E-state index is 10.9. The first-order valence-electron chi connectivity index (χ1n) is 5.34. The predicted molar refractivity (Wildman–Crippen MR) is 66.1 cm³/mol. The Kier molecular flexibility index (Phi) is 2.91. The van der Waals surface area contributed by atoms with Crippen LogP contribution in [0.1, 0.15) is 21.5 Å². The van der Waals surface area contributed by atoms with Crippen molar-refractivity contribution < 1.29 is 9.90 Å². The Balaban J connectivity index is 2.53. The summed E-state index contributed by atoms with van der Waals surface area (Å²) in [5.74, 6) is -0.955. The molecule has 0 radical (unpaired) electrons. The first-order valence-corrected chi connectivity index (χ1v) is 5.34. The number of hydrogen-bond donors (Lipinski definition) is 1. The van der Waals surface area contributed by atoms with E-state index in [1.54, 1.807) is 12.3 Å². The number of aromatic carboxylic acids is 1. The Morgan fingerprint density at radius 2 is 1.94 bits per heavy atom. The number of carboxylic acids is 1. The molecule has 0 bridgehead atoms. The first-order chi connectivity index (χ1) is 8.08. The van der Waals surface area contributed by atoms with Gasteiger partial charge in [-0.15, -0.1) is 0 Å². The van der Waals surface area contributed by atoms with Crippen LogP contribution in [0, 0.1) is 13.8 Å². The summed E-state index contributed by atoms with van der Waals surface area (Å²) < 4.78 is 0. The Morgan fingerprint density at radius 3 is 2.59 bits per heavy atom. The molecule has 1 aromatic carbocycles. The van der Waals surface area contributed by atoms with E-state index in [1.165, 1.54) is 11.8 Å². The summed E-state index contributed by atoms with van der Waals surface area (Å²) in [6.45, 7) is 4.04. The third-order valence-electron chi connectivity index (χ3n) is 2.68. The van der Waals surface area contributed by atoms with Gasteiger partial charge in [0.15, 0.2) is 0 Å². The normalized spacial score (nSPS) is 10.2. The van der Waals surface area contributed by atoms with Gasteiger partial charge in [0.1, 0.15) is 0 Å². The van der Waals surface area contributed by atoms with Gasteiger partial charge in [-0.25, -0.2) is 4.79 Å². The second kappa shape index (κ2) is 4.37. The Morgan fingerprint density at radius 1 is 1.18 bits per heavy atom. The van der Waals surface area contributed by atoms with Crippen molar-refractivity contribution in [3.8, 4) is 11.1 Å². The number of carbonyl (C=O) groups is 1. The van der Waals surface area contributed by atoms with Crippen molar-refractivity contribution in [3.05, 3.63) is 53.3 Å². The second-order valence-electron chi connectivity index (χ2n) is 4.09. The molecule has 3 heteroatoms. The number of aryl methyl sites for hydroxylation is 2. The van der Waals surface area contributed by atoms with Gasteiger partial charge in [0.2, 0.25) is 0 Å². The van der Waals surface area contributed by atoms with Gasteiger partial charge in [-0.2, -0.15) is 0 Å². The molecule has 0 aliphatic carbocycles. The molecule has 0 fully saturated rings. The van der Waals surface area contributed by atoms with E-state index >= 15 is 0 Å². The highest BCUT2D eigenvalue weighted by atomic mass is 16.4. The molecule has 0 unspecified atom stereocenters. The van der Waals surface area contributed by atoms with Crippen molar-refractivity contribution in [2.45, 2.75) is 13.8 Å². The summed E-state index contributed by atoms with van der Waals surface area (Å²) in [6, 6.07) is 7.72. The van der Waals surface area contributed by atoms with Crippen molar-refractivity contribution in [1.29, 1.82) is 0 Å². The van der Waals surface area contributed by atoms with Gasteiger partial charge in [0, 0.05) is 18.0 Å². The average molecular weight is 227 g/mol. The largest absolute Gasteiger partial charge is 0.478 e. The lowest BCUT2D eigenvalue weighted by atomic mass is 9.99. The van der Waals surface area contributed by atoms with Crippen molar-refractivity contribution in [2.24, 2.45) is 0 Å². The van der Waals surface area contributed by atoms with Crippen LogP contribution in [0.2, 0.25) is 0 Å². The van der Waals surface area contributed by atoms with Crippen molar-refractivity contribution in [2.75, 3.05) is 0 Å². The van der Waals surface area contributed by atoms with Crippen LogP contribution in [0.3, 0.4) is 0 Å². The van der Waals surface area contributed by atoms with Crippen LogP contribution < -0.4 is 0 Å². The minimum Gasteiger partial charge on any atom is -0.478 e. The number of nitrogens with zero attached hydrogens (tertiary/aromatic N) is 1. The minimum atomic E-state index is -0.955. The standard InChI is InChI=1S/C14H13NO2/c1-9-3-4-13(10(2)5-9)11-6-12(14(16)17)8-15-7-11/h3-8H,1-2H3,(H,16,17). The Bertz CT molecular complexity index is 576. The van der Waals surface area contributed by atoms with Crippen LogP contribution in [0.25, 0.3) is 11.1 Å². The summed E-state index contributed by atoms with van der Waals surface area (Å²) in [5.41, 5.74) is 4.37. The fourth-order valence-corrected chi connectivity index (χ4v) is 1.84. The molecule has 0 aliphatic rings. The third-order valence-corrected chi connectivity index (χ3v) is 2.68. The fourth-order valence-electron chi connectivity index (χ4n) is 1.84. The summed E-state index contributed by atoms with van der Waals surface area (Å²) in [5, 5.41) is 8.93. The van der Waals surface area contributed by atoms with Gasteiger partial charge in [0.05, 0.1) is 5.56 Å². The lowest BCUT2D eigenvalue weighted by Gasteiger charge is -2.07. The van der Waals surface area contributed by atoms with Crippen molar-refractivity contribution in [3.63, 3.8) is 0 Å². The van der Waals surface area contributed by atoms with Crippen LogP contribution in [-0.2, 0) is 0 Å². The molecule has 86 valence electrons. The number of hydrogen-bond acceptors (Lipinski definition) is 2. The average Bonchev–Trinajstić information content (AvgIpc) is 2.29. The van der Waals surface area contributed by atoms with Gasteiger partial charge in [0.25, 0.3) is 0 Å². The van der Waals surface area contributed by atoms with E-state index in [2.05, 4.69) is 11.1 Å². The number of carboxylic acid groups (broad SMARTS) is 1. The molecule has 0 saturated carbocycles. The summed E-state index contributed by atoms with van der Waals surface area (Å²) in [6.07, 6.45) is 3.04. The monoisotopic (exact) mass is 227 g/mol. The van der Waals surface area contributed by atoms with Crippen molar-refractivity contribution in [1.82, 2.24) is 4.98 Å². The van der Waals surface area contributed by atoms with E-state index in [-0.39, 0.29) is 5.56 Å². The number of benzene rings is 1. The molecule has 0 atom stereocenters. The number of rotatable bonds is 2. The summed E-state index contributed by atoms with van der Waals surface area (Å²) in [7, 11) is 0. The summed E-state index contributed by atoms with van der Waals surface area (Å²) in [4.78, 5) is 14.8. The van der Waals surface area contributed by atoms with E-state index in [0.29, 0.717) is 0 Å². The fraction of sp³-hybridized carbons (Fsp3) is 0.143. The van der Waals surface area contributed by atoms with E-state index in [9.17, 15) is 4.79 Å². The van der Waals surface area contributed by atoms with Crippen LogP contribution in [0.15, 0.2) is 36.7 Å². The minimum absolute atomic E-state index is 0.211. The third kappa shape index (κ3) is 2.33. The summed E-state index contributed by atoms with van der Waals surface area (Å²) >= 11 is 0. The highest BCUT2D eigenvalue weighted by Crippen LogP contribution is 2.24. The number of pyridine rings is 1. The van der Waals surface area contributed by atoms with E-state index in [0.717, 1.165) is 16.7 Å². The molecule has 0 saturated heterocycles. The lowest BCUT2D eigenvalue weighted by molar-refractivity contribution is 0.0696. The molecule has 1 heterocycles. The quantitative estimate of drug-likeness (QED) is 0.857. The molecule has 0 spiro atoms. The van der Waals surface area contributed by atoms with Gasteiger partial charge in [-0.3, -0.25) is 4.98 Å². The topological polar surface area (TPSA) is 50.2 Å². The van der Waals surface area contributed by atoms with Gasteiger partial charge < -0.3 is 5.11 Å². The molecule has 2 aromatic rings. The van der Waals surface area contributed by atoms with Gasteiger partial charge >= 0.3 is 5.97 Å². The smallest absolute Gasteiger partial charge is 0.337 e. The lowest BCUT2D eigenvalue weighted by Crippen LogP contribution is -1.97. The van der Waals surface area contributed by atoms with E-state index in [1.807, 2.05) is 26.0 Å². The number of aromatic nitrogens is 1. The Labute approximate surface area is 99.8 Å². The zero-order chi connectivity index (χ0) is 12.4. The molecule has 2 rings (SSSR count). The van der Waals surface area contributed by atoms with Crippen LogP contribution in [0.5, 0.6) is 0 Å². The predicted octanol–water partition coefficient (Wildman–Crippen LogP) is 3.06. The highest BCUT2D eigenvalue weighted by Gasteiger charge is 2.07. The first kappa shape index (κ1) is 11.3. The highest BCUT2D eigenvalue weighted by molar-refractivity contribution is 5.89. The van der Waals surface area contributed by atoms with Crippen LogP contribution in [0.4, 0.5) is 0 Å². The molecular formula is C14H13NO2. The Hall–Kier alpha value is -2.16.